The topological polar surface area (TPSA) is 131 Å². The lowest BCUT2D eigenvalue weighted by Crippen LogP contribution is -2.42. The van der Waals surface area contributed by atoms with Gasteiger partial charge < -0.3 is 14.6 Å². The Morgan fingerprint density at radius 2 is 1.76 bits per heavy atom. The summed E-state index contributed by atoms with van der Waals surface area (Å²) in [6.07, 6.45) is 3.05. The summed E-state index contributed by atoms with van der Waals surface area (Å²) in [7, 11) is -2.89. The maximum atomic E-state index is 12.9. The van der Waals surface area contributed by atoms with E-state index in [1.165, 1.54) is 31.4 Å². The lowest BCUT2D eigenvalue weighted by Gasteiger charge is -2.21. The molecule has 10 nitrogen and oxygen atoms in total. The number of carbonyl (C=O) groups is 2. The van der Waals surface area contributed by atoms with Crippen molar-refractivity contribution < 1.29 is 22.7 Å². The molecule has 0 unspecified atom stereocenters. The molecule has 1 atom stereocenters. The molecule has 0 bridgehead atoms. The van der Waals surface area contributed by atoms with Crippen LogP contribution in [0.25, 0.3) is 5.69 Å². The minimum atomic E-state index is -4.17. The smallest absolute Gasteiger partial charge is 0.411 e. The second-order valence-corrected chi connectivity index (χ2v) is 10.2. The molecule has 12 heteroatoms. The summed E-state index contributed by atoms with van der Waals surface area (Å²) >= 11 is 5.92. The Morgan fingerprint density at radius 1 is 1.03 bits per heavy atom. The Kier molecular flexibility index (Phi) is 8.29. The molecular weight excluding hydrogens is 530 g/mol. The number of anilines is 1. The highest BCUT2D eigenvalue weighted by atomic mass is 35.5. The molecule has 3 N–H and O–H groups in total. The van der Waals surface area contributed by atoms with Crippen LogP contribution in [0.5, 0.6) is 0 Å². The number of rotatable bonds is 8. The third kappa shape index (κ3) is 6.69. The van der Waals surface area contributed by atoms with E-state index in [4.69, 9.17) is 11.6 Å². The number of hydrogen-bond acceptors (Lipinski definition) is 6. The van der Waals surface area contributed by atoms with Crippen molar-refractivity contribution in [2.75, 3.05) is 12.4 Å². The van der Waals surface area contributed by atoms with Crippen molar-refractivity contribution in [1.82, 2.24) is 19.6 Å². The zero-order valence-corrected chi connectivity index (χ0v) is 21.7. The van der Waals surface area contributed by atoms with Gasteiger partial charge in [0.05, 0.1) is 18.0 Å². The molecule has 3 aromatic carbocycles. The summed E-state index contributed by atoms with van der Waals surface area (Å²) < 4.78 is 33.9. The maximum Gasteiger partial charge on any atom is 0.411 e. The number of aromatic nitrogens is 2. The predicted molar refractivity (Wildman–Crippen MR) is 143 cm³/mol. The summed E-state index contributed by atoms with van der Waals surface area (Å²) in [4.78, 5) is 28.7. The van der Waals surface area contributed by atoms with Gasteiger partial charge in [0.1, 0.15) is 5.82 Å². The predicted octanol–water partition coefficient (Wildman–Crippen LogP) is 4.68. The van der Waals surface area contributed by atoms with Gasteiger partial charge in [-0.2, -0.15) is 0 Å². The first kappa shape index (κ1) is 26.7. The second kappa shape index (κ2) is 11.8. The third-order valence-electron chi connectivity index (χ3n) is 5.48. The first-order valence-corrected chi connectivity index (χ1v) is 13.2. The molecular formula is C26H24ClN5O5S. The molecule has 196 valence electrons. The minimum absolute atomic E-state index is 0.137. The molecule has 0 aliphatic rings. The van der Waals surface area contributed by atoms with Crippen LogP contribution in [0.3, 0.4) is 0 Å². The SMILES string of the molecule is COC(=O)Nc1ccc(-n2ccnc2[C@H](Cc2ccccc2)NC(=O)NS(=O)(=O)c2cccc(Cl)c2)cc1. The molecule has 0 saturated heterocycles. The molecule has 0 aliphatic carbocycles. The van der Waals surface area contributed by atoms with E-state index in [9.17, 15) is 18.0 Å². The Balaban J connectivity index is 1.60. The van der Waals surface area contributed by atoms with Crippen LogP contribution in [0.2, 0.25) is 5.02 Å². The van der Waals surface area contributed by atoms with E-state index in [1.807, 2.05) is 35.1 Å². The molecule has 0 fully saturated rings. The van der Waals surface area contributed by atoms with Crippen LogP contribution >= 0.6 is 11.6 Å². The number of ether oxygens (including phenoxy) is 1. The lowest BCUT2D eigenvalue weighted by atomic mass is 10.1. The van der Waals surface area contributed by atoms with Crippen molar-refractivity contribution in [3.05, 3.63) is 108 Å². The van der Waals surface area contributed by atoms with E-state index in [1.54, 1.807) is 41.2 Å². The van der Waals surface area contributed by atoms with Gasteiger partial charge in [-0.25, -0.2) is 27.7 Å². The number of imidazole rings is 1. The van der Waals surface area contributed by atoms with Crippen LogP contribution in [0.15, 0.2) is 96.2 Å². The van der Waals surface area contributed by atoms with Crippen molar-refractivity contribution >= 4 is 39.4 Å². The fourth-order valence-corrected chi connectivity index (χ4v) is 4.94. The van der Waals surface area contributed by atoms with E-state index in [-0.39, 0.29) is 9.92 Å². The Hall–Kier alpha value is -4.35. The van der Waals surface area contributed by atoms with Crippen molar-refractivity contribution in [1.29, 1.82) is 0 Å². The van der Waals surface area contributed by atoms with Gasteiger partial charge in [0.15, 0.2) is 0 Å². The number of sulfonamides is 1. The number of benzene rings is 3. The highest BCUT2D eigenvalue weighted by Gasteiger charge is 2.24. The molecule has 1 aromatic heterocycles. The summed E-state index contributed by atoms with van der Waals surface area (Å²) in [6.45, 7) is 0. The Bertz CT molecular complexity index is 1530. The molecule has 4 aromatic rings. The van der Waals surface area contributed by atoms with Crippen LogP contribution in [0.1, 0.15) is 17.4 Å². The Morgan fingerprint density at radius 3 is 2.45 bits per heavy atom. The van der Waals surface area contributed by atoms with Crippen molar-refractivity contribution in [2.45, 2.75) is 17.4 Å². The molecule has 0 saturated carbocycles. The first-order chi connectivity index (χ1) is 18.2. The number of hydrogen-bond donors (Lipinski definition) is 3. The summed E-state index contributed by atoms with van der Waals surface area (Å²) in [5.41, 5.74) is 2.15. The number of halogens is 1. The molecule has 3 amide bonds. The van der Waals surface area contributed by atoms with Gasteiger partial charge in [0, 0.05) is 28.8 Å². The average molecular weight is 554 g/mol. The third-order valence-corrected chi connectivity index (χ3v) is 7.04. The normalized spacial score (nSPS) is 11.8. The van der Waals surface area contributed by atoms with Crippen LogP contribution in [0, 0.1) is 0 Å². The van der Waals surface area contributed by atoms with Gasteiger partial charge >= 0.3 is 12.1 Å². The van der Waals surface area contributed by atoms with Crippen LogP contribution in [-0.2, 0) is 21.2 Å². The molecule has 4 rings (SSSR count). The molecule has 38 heavy (non-hydrogen) atoms. The number of nitrogens with zero attached hydrogens (tertiary/aromatic N) is 2. The molecule has 0 aliphatic heterocycles. The minimum Gasteiger partial charge on any atom is -0.453 e. The van der Waals surface area contributed by atoms with E-state index >= 15 is 0 Å². The molecule has 0 spiro atoms. The zero-order valence-electron chi connectivity index (χ0n) is 20.2. The van der Waals surface area contributed by atoms with Crippen molar-refractivity contribution in [2.24, 2.45) is 0 Å². The van der Waals surface area contributed by atoms with Gasteiger partial charge in [-0.3, -0.25) is 5.32 Å². The van der Waals surface area contributed by atoms with Gasteiger partial charge in [-0.15, -0.1) is 0 Å². The lowest BCUT2D eigenvalue weighted by molar-refractivity contribution is 0.187. The Labute approximate surface area is 224 Å². The van der Waals surface area contributed by atoms with E-state index in [0.717, 1.165) is 5.56 Å². The van der Waals surface area contributed by atoms with Gasteiger partial charge in [-0.05, 0) is 54.4 Å². The van der Waals surface area contributed by atoms with Crippen molar-refractivity contribution in [3.63, 3.8) is 0 Å². The summed E-state index contributed by atoms with van der Waals surface area (Å²) in [5, 5.41) is 5.55. The number of nitrogens with one attached hydrogen (secondary N) is 3. The van der Waals surface area contributed by atoms with Crippen LogP contribution < -0.4 is 15.4 Å². The van der Waals surface area contributed by atoms with Crippen LogP contribution in [-0.4, -0.2) is 37.2 Å². The van der Waals surface area contributed by atoms with Crippen molar-refractivity contribution in [3.8, 4) is 5.69 Å². The summed E-state index contributed by atoms with van der Waals surface area (Å²) in [5.74, 6) is 0.470. The first-order valence-electron chi connectivity index (χ1n) is 11.4. The molecule has 1 heterocycles. The number of methoxy groups -OCH3 is 1. The van der Waals surface area contributed by atoms with E-state index < -0.39 is 28.2 Å². The number of carbonyl (C=O) groups excluding carboxylic acids is 2. The van der Waals surface area contributed by atoms with Gasteiger partial charge in [-0.1, -0.05) is 48.0 Å². The average Bonchev–Trinajstić information content (AvgIpc) is 3.39. The number of amides is 3. The standard InChI is InChI=1S/C26H24ClN5O5S/c1-37-26(34)29-20-10-12-21(13-11-20)32-15-14-28-24(32)23(16-18-6-3-2-4-7-18)30-25(33)31-38(35,36)22-9-5-8-19(27)17-22/h2-15,17,23H,16H2,1H3,(H,29,34)(H2,30,31,33)/t23-/m0/s1. The molecule has 0 radical (unpaired) electrons. The zero-order chi connectivity index (χ0) is 27.1. The van der Waals surface area contributed by atoms with Gasteiger partial charge in [0.2, 0.25) is 0 Å². The monoisotopic (exact) mass is 553 g/mol. The highest BCUT2D eigenvalue weighted by Crippen LogP contribution is 2.23. The van der Waals surface area contributed by atoms with E-state index in [2.05, 4.69) is 20.4 Å². The maximum absolute atomic E-state index is 12.9. The quantitative estimate of drug-likeness (QED) is 0.290. The highest BCUT2D eigenvalue weighted by molar-refractivity contribution is 7.90. The van der Waals surface area contributed by atoms with Crippen LogP contribution in [0.4, 0.5) is 15.3 Å². The fraction of sp³-hybridized carbons (Fsp3) is 0.115. The van der Waals surface area contributed by atoms with E-state index in [0.29, 0.717) is 23.6 Å². The second-order valence-electron chi connectivity index (χ2n) is 8.10. The fourth-order valence-electron chi connectivity index (χ4n) is 3.72. The largest absolute Gasteiger partial charge is 0.453 e. The van der Waals surface area contributed by atoms with Gasteiger partial charge in [0.25, 0.3) is 10.0 Å². The number of urea groups is 1. The summed E-state index contributed by atoms with van der Waals surface area (Å²) in [6, 6.07) is 20.3.